The van der Waals surface area contributed by atoms with Gasteiger partial charge in [-0.3, -0.25) is 9.59 Å². The summed E-state index contributed by atoms with van der Waals surface area (Å²) in [7, 11) is 0. The Morgan fingerprint density at radius 2 is 1.50 bits per heavy atom. The maximum atomic E-state index is 12.9. The molecule has 0 unspecified atom stereocenters. The van der Waals surface area contributed by atoms with Crippen molar-refractivity contribution in [2.45, 2.75) is 33.1 Å². The van der Waals surface area contributed by atoms with E-state index < -0.39 is 0 Å². The minimum absolute atomic E-state index is 0.0682. The summed E-state index contributed by atoms with van der Waals surface area (Å²) in [6.45, 7) is 8.86. The van der Waals surface area contributed by atoms with Gasteiger partial charge in [-0.05, 0) is 66.4 Å². The van der Waals surface area contributed by atoms with Gasteiger partial charge in [0, 0.05) is 23.5 Å². The fraction of sp³-hybridized carbons (Fsp3) is 0.259. The van der Waals surface area contributed by atoms with Crippen LogP contribution in [0.5, 0.6) is 5.75 Å². The summed E-state index contributed by atoms with van der Waals surface area (Å²) in [4.78, 5) is 26.8. The summed E-state index contributed by atoms with van der Waals surface area (Å²) in [5.74, 6) is 0.303. The van der Waals surface area contributed by atoms with E-state index in [4.69, 9.17) is 4.74 Å². The molecule has 0 radical (unpaired) electrons. The first-order valence-electron chi connectivity index (χ1n) is 10.8. The van der Waals surface area contributed by atoms with E-state index >= 15 is 0 Å². The molecule has 0 aliphatic heterocycles. The number of anilines is 2. The van der Waals surface area contributed by atoms with Gasteiger partial charge >= 0.3 is 0 Å². The zero-order chi connectivity index (χ0) is 23.1. The van der Waals surface area contributed by atoms with Crippen molar-refractivity contribution in [3.63, 3.8) is 0 Å². The molecule has 0 spiro atoms. The van der Waals surface area contributed by atoms with Crippen molar-refractivity contribution in [2.24, 2.45) is 0 Å². The molecule has 0 atom stereocenters. The highest BCUT2D eigenvalue weighted by molar-refractivity contribution is 6.06. The van der Waals surface area contributed by atoms with E-state index in [0.29, 0.717) is 23.5 Å². The van der Waals surface area contributed by atoms with Crippen LogP contribution < -0.4 is 15.0 Å². The number of amides is 2. The zero-order valence-electron chi connectivity index (χ0n) is 19.1. The molecular weight excluding hydrogens is 400 g/mol. The van der Waals surface area contributed by atoms with Crippen LogP contribution in [0.3, 0.4) is 0 Å². The Labute approximate surface area is 190 Å². The zero-order valence-corrected chi connectivity index (χ0v) is 19.1. The third-order valence-electron chi connectivity index (χ3n) is 5.14. The molecule has 3 aromatic carbocycles. The number of nitrogens with one attached hydrogen (secondary N) is 1. The lowest BCUT2D eigenvalue weighted by Gasteiger charge is -2.21. The van der Waals surface area contributed by atoms with E-state index in [1.54, 1.807) is 29.2 Å². The number of hydrogen-bond donors (Lipinski definition) is 1. The topological polar surface area (TPSA) is 58.6 Å². The highest BCUT2D eigenvalue weighted by Gasteiger charge is 2.16. The first kappa shape index (κ1) is 23.1. The van der Waals surface area contributed by atoms with Crippen molar-refractivity contribution < 1.29 is 14.3 Å². The largest absolute Gasteiger partial charge is 0.484 e. The molecule has 0 aliphatic carbocycles. The molecule has 166 valence electrons. The van der Waals surface area contributed by atoms with E-state index in [2.05, 4.69) is 26.1 Å². The fourth-order valence-corrected chi connectivity index (χ4v) is 3.30. The van der Waals surface area contributed by atoms with Gasteiger partial charge in [0.2, 0.25) is 0 Å². The molecule has 0 saturated heterocycles. The summed E-state index contributed by atoms with van der Waals surface area (Å²) in [5.41, 5.74) is 3.30. The average molecular weight is 431 g/mol. The van der Waals surface area contributed by atoms with Crippen LogP contribution in [0.2, 0.25) is 0 Å². The van der Waals surface area contributed by atoms with Gasteiger partial charge in [-0.15, -0.1) is 0 Å². The van der Waals surface area contributed by atoms with Gasteiger partial charge in [0.05, 0.1) is 0 Å². The van der Waals surface area contributed by atoms with Gasteiger partial charge in [-0.25, -0.2) is 0 Å². The number of para-hydroxylation sites is 1. The van der Waals surface area contributed by atoms with Gasteiger partial charge in [0.15, 0.2) is 6.61 Å². The maximum absolute atomic E-state index is 12.9. The van der Waals surface area contributed by atoms with Crippen molar-refractivity contribution in [1.82, 2.24) is 0 Å². The van der Waals surface area contributed by atoms with Crippen molar-refractivity contribution in [3.8, 4) is 5.75 Å². The van der Waals surface area contributed by atoms with Crippen LogP contribution in [-0.2, 0) is 10.2 Å². The Bertz CT molecular complexity index is 1040. The molecule has 0 bridgehead atoms. The van der Waals surface area contributed by atoms with Crippen molar-refractivity contribution in [2.75, 3.05) is 23.4 Å². The van der Waals surface area contributed by atoms with Crippen molar-refractivity contribution >= 4 is 23.2 Å². The molecule has 5 heteroatoms. The van der Waals surface area contributed by atoms with Gasteiger partial charge < -0.3 is 15.0 Å². The molecule has 1 N–H and O–H groups in total. The molecule has 32 heavy (non-hydrogen) atoms. The SMILES string of the molecule is CCN(C(=O)c1ccc(NC(=O)COc2ccc(C(C)(C)C)cc2)cc1)c1ccccc1. The minimum atomic E-state index is -0.261. The predicted octanol–water partition coefficient (Wildman–Crippen LogP) is 5.67. The Morgan fingerprint density at radius 3 is 2.06 bits per heavy atom. The highest BCUT2D eigenvalue weighted by Crippen LogP contribution is 2.24. The van der Waals surface area contributed by atoms with E-state index in [-0.39, 0.29) is 23.8 Å². The van der Waals surface area contributed by atoms with Gasteiger partial charge in [0.1, 0.15) is 5.75 Å². The molecule has 3 rings (SSSR count). The normalized spacial score (nSPS) is 11.0. The minimum Gasteiger partial charge on any atom is -0.484 e. The van der Waals surface area contributed by atoms with E-state index in [9.17, 15) is 9.59 Å². The molecule has 2 amide bonds. The van der Waals surface area contributed by atoms with Crippen LogP contribution in [0.4, 0.5) is 11.4 Å². The fourth-order valence-electron chi connectivity index (χ4n) is 3.30. The number of carbonyl (C=O) groups is 2. The molecule has 0 fully saturated rings. The Hall–Kier alpha value is -3.60. The number of ether oxygens (including phenoxy) is 1. The summed E-state index contributed by atoms with van der Waals surface area (Å²) >= 11 is 0. The third kappa shape index (κ3) is 5.97. The lowest BCUT2D eigenvalue weighted by atomic mass is 9.87. The second kappa shape index (κ2) is 10.1. The second-order valence-electron chi connectivity index (χ2n) is 8.57. The lowest BCUT2D eigenvalue weighted by molar-refractivity contribution is -0.118. The smallest absolute Gasteiger partial charge is 0.262 e. The molecule has 0 aromatic heterocycles. The van der Waals surface area contributed by atoms with Crippen molar-refractivity contribution in [1.29, 1.82) is 0 Å². The Kier molecular flexibility index (Phi) is 7.31. The van der Waals surface area contributed by atoms with Gasteiger partial charge in [-0.2, -0.15) is 0 Å². The van der Waals surface area contributed by atoms with E-state index in [0.717, 1.165) is 5.69 Å². The highest BCUT2D eigenvalue weighted by atomic mass is 16.5. The number of hydrogen-bond acceptors (Lipinski definition) is 3. The standard InChI is InChI=1S/C27H30N2O3/c1-5-29(23-9-7-6-8-10-23)26(31)20-11-15-22(16-12-20)28-25(30)19-32-24-17-13-21(14-18-24)27(2,3)4/h6-18H,5,19H2,1-4H3,(H,28,30). The number of nitrogens with zero attached hydrogens (tertiary/aromatic N) is 1. The predicted molar refractivity (Wildman–Crippen MR) is 130 cm³/mol. The quantitative estimate of drug-likeness (QED) is 0.525. The second-order valence-corrected chi connectivity index (χ2v) is 8.57. The Balaban J connectivity index is 1.56. The van der Waals surface area contributed by atoms with Crippen LogP contribution in [0, 0.1) is 0 Å². The summed E-state index contributed by atoms with van der Waals surface area (Å²) in [5, 5.41) is 2.80. The number of carbonyl (C=O) groups excluding carboxylic acids is 2. The summed E-state index contributed by atoms with van der Waals surface area (Å²) < 4.78 is 5.59. The van der Waals surface area contributed by atoms with E-state index in [1.807, 2.05) is 61.5 Å². The maximum Gasteiger partial charge on any atom is 0.262 e. The molecule has 0 heterocycles. The van der Waals surface area contributed by atoms with Crippen LogP contribution in [0.25, 0.3) is 0 Å². The number of rotatable bonds is 7. The molecule has 0 aliphatic rings. The summed E-state index contributed by atoms with van der Waals surface area (Å²) in [6, 6.07) is 24.2. The first-order chi connectivity index (χ1) is 15.3. The van der Waals surface area contributed by atoms with Gasteiger partial charge in [-0.1, -0.05) is 51.1 Å². The average Bonchev–Trinajstić information content (AvgIpc) is 2.79. The Morgan fingerprint density at radius 1 is 0.875 bits per heavy atom. The monoisotopic (exact) mass is 430 g/mol. The van der Waals surface area contributed by atoms with E-state index in [1.165, 1.54) is 5.56 Å². The molecule has 3 aromatic rings. The lowest BCUT2D eigenvalue weighted by Crippen LogP contribution is -2.30. The first-order valence-corrected chi connectivity index (χ1v) is 10.8. The van der Waals surface area contributed by atoms with Gasteiger partial charge in [0.25, 0.3) is 11.8 Å². The molecule has 5 nitrogen and oxygen atoms in total. The van der Waals surface area contributed by atoms with Crippen LogP contribution in [0.1, 0.15) is 43.6 Å². The number of benzene rings is 3. The molecular formula is C27H30N2O3. The third-order valence-corrected chi connectivity index (χ3v) is 5.14. The van der Waals surface area contributed by atoms with Crippen LogP contribution in [0.15, 0.2) is 78.9 Å². The van der Waals surface area contributed by atoms with Crippen LogP contribution >= 0.6 is 0 Å². The van der Waals surface area contributed by atoms with Crippen molar-refractivity contribution in [3.05, 3.63) is 90.0 Å². The van der Waals surface area contributed by atoms with Crippen LogP contribution in [-0.4, -0.2) is 25.0 Å². The molecule has 0 saturated carbocycles. The summed E-state index contributed by atoms with van der Waals surface area (Å²) in [6.07, 6.45) is 0.